The fourth-order valence-corrected chi connectivity index (χ4v) is 2.23. The van der Waals surface area contributed by atoms with Crippen molar-refractivity contribution < 1.29 is 0 Å². The topological polar surface area (TPSA) is 51.8 Å². The van der Waals surface area contributed by atoms with E-state index in [0.717, 1.165) is 4.90 Å². The summed E-state index contributed by atoms with van der Waals surface area (Å²) in [6, 6.07) is 8.00. The number of hydrogen-bond donors (Lipinski definition) is 1. The predicted molar refractivity (Wildman–Crippen MR) is 66.5 cm³/mol. The number of nitrogens with two attached hydrogens (primary N) is 1. The zero-order valence-electron chi connectivity index (χ0n) is 9.27. The SMILES string of the molecule is Cc1ccc(Sc2nccc(N)n2)c(C)c1. The van der Waals surface area contributed by atoms with Crippen LogP contribution >= 0.6 is 11.8 Å². The summed E-state index contributed by atoms with van der Waals surface area (Å²) in [7, 11) is 0. The van der Waals surface area contributed by atoms with Crippen LogP contribution in [-0.2, 0) is 0 Å². The Morgan fingerprint density at radius 3 is 2.69 bits per heavy atom. The van der Waals surface area contributed by atoms with Crippen LogP contribution in [0, 0.1) is 13.8 Å². The molecule has 0 saturated carbocycles. The van der Waals surface area contributed by atoms with E-state index in [0.29, 0.717) is 11.0 Å². The Bertz CT molecular complexity index is 511. The smallest absolute Gasteiger partial charge is 0.194 e. The summed E-state index contributed by atoms with van der Waals surface area (Å²) in [6.07, 6.45) is 1.67. The van der Waals surface area contributed by atoms with Gasteiger partial charge in [-0.15, -0.1) is 0 Å². The maximum atomic E-state index is 5.61. The third-order valence-corrected chi connectivity index (χ3v) is 3.24. The molecule has 0 atom stereocenters. The van der Waals surface area contributed by atoms with E-state index in [1.54, 1.807) is 12.3 Å². The lowest BCUT2D eigenvalue weighted by Crippen LogP contribution is -1.93. The summed E-state index contributed by atoms with van der Waals surface area (Å²) in [5.41, 5.74) is 8.10. The van der Waals surface area contributed by atoms with Gasteiger partial charge < -0.3 is 5.73 Å². The molecule has 0 bridgehead atoms. The predicted octanol–water partition coefficient (Wildman–Crippen LogP) is 2.83. The van der Waals surface area contributed by atoms with E-state index < -0.39 is 0 Å². The minimum absolute atomic E-state index is 0.502. The first-order valence-corrected chi connectivity index (χ1v) is 5.80. The van der Waals surface area contributed by atoms with Crippen LogP contribution in [0.5, 0.6) is 0 Å². The molecule has 1 heterocycles. The molecule has 0 spiro atoms. The van der Waals surface area contributed by atoms with E-state index in [9.17, 15) is 0 Å². The molecule has 0 amide bonds. The van der Waals surface area contributed by atoms with Crippen LogP contribution in [0.15, 0.2) is 40.5 Å². The van der Waals surface area contributed by atoms with E-state index in [1.165, 1.54) is 22.9 Å². The Kier molecular flexibility index (Phi) is 3.10. The fraction of sp³-hybridized carbons (Fsp3) is 0.167. The van der Waals surface area contributed by atoms with Gasteiger partial charge in [0.1, 0.15) is 5.82 Å². The maximum Gasteiger partial charge on any atom is 0.194 e. The van der Waals surface area contributed by atoms with Crippen LogP contribution in [0.4, 0.5) is 5.82 Å². The van der Waals surface area contributed by atoms with Crippen molar-refractivity contribution in [3.63, 3.8) is 0 Å². The van der Waals surface area contributed by atoms with Crippen molar-refractivity contribution in [2.45, 2.75) is 23.9 Å². The molecule has 0 fully saturated rings. The molecule has 2 rings (SSSR count). The van der Waals surface area contributed by atoms with E-state index >= 15 is 0 Å². The molecule has 0 aliphatic carbocycles. The largest absolute Gasteiger partial charge is 0.384 e. The summed E-state index contributed by atoms with van der Waals surface area (Å²) < 4.78 is 0. The fourth-order valence-electron chi connectivity index (χ4n) is 1.42. The van der Waals surface area contributed by atoms with Gasteiger partial charge in [0, 0.05) is 11.1 Å². The van der Waals surface area contributed by atoms with E-state index in [-0.39, 0.29) is 0 Å². The summed E-state index contributed by atoms with van der Waals surface area (Å²) in [5, 5.41) is 0.687. The first-order valence-electron chi connectivity index (χ1n) is 4.99. The highest BCUT2D eigenvalue weighted by Crippen LogP contribution is 2.28. The van der Waals surface area contributed by atoms with Crippen molar-refractivity contribution in [1.29, 1.82) is 0 Å². The number of aryl methyl sites for hydroxylation is 2. The number of aromatic nitrogens is 2. The van der Waals surface area contributed by atoms with Crippen molar-refractivity contribution in [3.05, 3.63) is 41.6 Å². The molecule has 2 N–H and O–H groups in total. The highest BCUT2D eigenvalue weighted by Gasteiger charge is 2.03. The number of rotatable bonds is 2. The Morgan fingerprint density at radius 2 is 2.00 bits per heavy atom. The van der Waals surface area contributed by atoms with Gasteiger partial charge in [0.2, 0.25) is 0 Å². The van der Waals surface area contributed by atoms with Crippen molar-refractivity contribution in [2.24, 2.45) is 0 Å². The van der Waals surface area contributed by atoms with Gasteiger partial charge in [-0.05, 0) is 43.3 Å². The van der Waals surface area contributed by atoms with Crippen molar-refractivity contribution in [3.8, 4) is 0 Å². The van der Waals surface area contributed by atoms with Gasteiger partial charge in [0.25, 0.3) is 0 Å². The van der Waals surface area contributed by atoms with Crippen LogP contribution in [0.25, 0.3) is 0 Å². The quantitative estimate of drug-likeness (QED) is 0.807. The second-order valence-electron chi connectivity index (χ2n) is 3.64. The zero-order valence-corrected chi connectivity index (χ0v) is 10.1. The average molecular weight is 231 g/mol. The molecule has 16 heavy (non-hydrogen) atoms. The lowest BCUT2D eigenvalue weighted by atomic mass is 10.2. The summed E-state index contributed by atoms with van der Waals surface area (Å²) in [5.74, 6) is 0.502. The molecular weight excluding hydrogens is 218 g/mol. The number of nitrogen functional groups attached to an aromatic ring is 1. The van der Waals surface area contributed by atoms with Gasteiger partial charge in [-0.3, -0.25) is 0 Å². The second-order valence-corrected chi connectivity index (χ2v) is 4.64. The molecule has 3 nitrogen and oxygen atoms in total. The molecule has 1 aromatic heterocycles. The van der Waals surface area contributed by atoms with Crippen molar-refractivity contribution in [2.75, 3.05) is 5.73 Å². The standard InChI is InChI=1S/C12H13N3S/c1-8-3-4-10(9(2)7-8)16-12-14-6-5-11(13)15-12/h3-7H,1-2H3,(H2,13,14,15). The van der Waals surface area contributed by atoms with Gasteiger partial charge in [0.15, 0.2) is 5.16 Å². The normalized spacial score (nSPS) is 10.4. The highest BCUT2D eigenvalue weighted by molar-refractivity contribution is 7.99. The van der Waals surface area contributed by atoms with Crippen molar-refractivity contribution in [1.82, 2.24) is 9.97 Å². The first kappa shape index (κ1) is 11.0. The molecule has 2 aromatic rings. The molecular formula is C12H13N3S. The van der Waals surface area contributed by atoms with Crippen LogP contribution in [0.3, 0.4) is 0 Å². The molecule has 0 unspecified atom stereocenters. The lowest BCUT2D eigenvalue weighted by molar-refractivity contribution is 0.974. The monoisotopic (exact) mass is 231 g/mol. The molecule has 1 aromatic carbocycles. The van der Waals surface area contributed by atoms with Crippen LogP contribution < -0.4 is 5.73 Å². The second kappa shape index (κ2) is 4.53. The number of hydrogen-bond acceptors (Lipinski definition) is 4. The summed E-state index contributed by atoms with van der Waals surface area (Å²) >= 11 is 1.53. The van der Waals surface area contributed by atoms with E-state index in [2.05, 4.69) is 42.0 Å². The molecule has 0 radical (unpaired) electrons. The number of nitrogens with zero attached hydrogens (tertiary/aromatic N) is 2. The van der Waals surface area contributed by atoms with E-state index in [4.69, 9.17) is 5.73 Å². The first-order chi connectivity index (χ1) is 7.65. The van der Waals surface area contributed by atoms with Crippen LogP contribution in [0.1, 0.15) is 11.1 Å². The Labute approximate surface area is 99.1 Å². The highest BCUT2D eigenvalue weighted by atomic mass is 32.2. The molecule has 0 saturated heterocycles. The van der Waals surface area contributed by atoms with Gasteiger partial charge in [-0.2, -0.15) is 0 Å². The molecule has 0 aliphatic heterocycles. The summed E-state index contributed by atoms with van der Waals surface area (Å²) in [6.45, 7) is 4.17. The molecule has 82 valence electrons. The van der Waals surface area contributed by atoms with E-state index in [1.807, 2.05) is 0 Å². The van der Waals surface area contributed by atoms with Crippen LogP contribution in [0.2, 0.25) is 0 Å². The van der Waals surface area contributed by atoms with Gasteiger partial charge in [0.05, 0.1) is 0 Å². The Hall–Kier alpha value is -1.55. The Morgan fingerprint density at radius 1 is 1.19 bits per heavy atom. The molecule has 0 aliphatic rings. The summed E-state index contributed by atoms with van der Waals surface area (Å²) in [4.78, 5) is 9.50. The zero-order chi connectivity index (χ0) is 11.5. The number of benzene rings is 1. The third kappa shape index (κ3) is 2.52. The van der Waals surface area contributed by atoms with Crippen LogP contribution in [-0.4, -0.2) is 9.97 Å². The maximum absolute atomic E-state index is 5.61. The van der Waals surface area contributed by atoms with Gasteiger partial charge in [-0.1, -0.05) is 17.7 Å². The average Bonchev–Trinajstić information content (AvgIpc) is 2.22. The van der Waals surface area contributed by atoms with Gasteiger partial charge >= 0.3 is 0 Å². The lowest BCUT2D eigenvalue weighted by Gasteiger charge is -2.05. The van der Waals surface area contributed by atoms with Crippen molar-refractivity contribution >= 4 is 17.6 Å². The number of anilines is 1. The third-order valence-electron chi connectivity index (χ3n) is 2.19. The minimum Gasteiger partial charge on any atom is -0.384 e. The Balaban J connectivity index is 2.27. The minimum atomic E-state index is 0.502. The molecule has 4 heteroatoms. The van der Waals surface area contributed by atoms with Gasteiger partial charge in [-0.25, -0.2) is 9.97 Å².